The number of ether oxygens (including phenoxy) is 1. The lowest BCUT2D eigenvalue weighted by Crippen LogP contribution is -2.50. The van der Waals surface area contributed by atoms with E-state index < -0.39 is 0 Å². The number of imidazole rings is 1. The molecule has 2 saturated heterocycles. The zero-order valence-corrected chi connectivity index (χ0v) is 17.2. The van der Waals surface area contributed by atoms with Crippen molar-refractivity contribution in [3.8, 4) is 0 Å². The van der Waals surface area contributed by atoms with Gasteiger partial charge in [0.15, 0.2) is 0 Å². The molecule has 1 aromatic heterocycles. The number of amides is 1. The Morgan fingerprint density at radius 3 is 2.59 bits per heavy atom. The van der Waals surface area contributed by atoms with Crippen LogP contribution in [0.4, 0.5) is 0 Å². The lowest BCUT2D eigenvalue weighted by molar-refractivity contribution is 0.0597. The second kappa shape index (κ2) is 7.55. The van der Waals surface area contributed by atoms with E-state index in [1.54, 1.807) is 0 Å². The fourth-order valence-electron chi connectivity index (χ4n) is 4.60. The Bertz CT molecular complexity index is 677. The first-order valence-corrected chi connectivity index (χ1v) is 10.6. The summed E-state index contributed by atoms with van der Waals surface area (Å²) in [5.41, 5.74) is 1.73. The number of rotatable bonds is 3. The van der Waals surface area contributed by atoms with Gasteiger partial charge in [-0.05, 0) is 25.2 Å². The molecule has 1 atom stereocenters. The molecule has 150 valence electrons. The van der Waals surface area contributed by atoms with Gasteiger partial charge in [-0.25, -0.2) is 4.98 Å². The minimum Gasteiger partial charge on any atom is -0.381 e. The van der Waals surface area contributed by atoms with Crippen LogP contribution >= 0.6 is 0 Å². The smallest absolute Gasteiger partial charge is 0.272 e. The van der Waals surface area contributed by atoms with E-state index in [9.17, 15) is 4.79 Å². The highest BCUT2D eigenvalue weighted by molar-refractivity contribution is 5.94. The van der Waals surface area contributed by atoms with E-state index in [1.165, 1.54) is 12.8 Å². The molecule has 0 radical (unpaired) electrons. The Hall–Kier alpha value is -1.40. The second-order valence-electron chi connectivity index (χ2n) is 9.41. The molecule has 0 aromatic carbocycles. The first kappa shape index (κ1) is 18.9. The number of fused-ring (bicyclic) bond motifs is 1. The number of carbonyl (C=O) groups excluding carboxylic acids is 1. The lowest BCUT2D eigenvalue weighted by Gasteiger charge is -2.36. The van der Waals surface area contributed by atoms with Crippen LogP contribution in [-0.2, 0) is 23.1 Å². The van der Waals surface area contributed by atoms with E-state index in [4.69, 9.17) is 9.72 Å². The normalized spacial score (nSPS) is 24.3. The molecular formula is C21H34N4O2. The van der Waals surface area contributed by atoms with Gasteiger partial charge in [0.25, 0.3) is 5.91 Å². The molecule has 2 fully saturated rings. The highest BCUT2D eigenvalue weighted by Crippen LogP contribution is 2.30. The summed E-state index contributed by atoms with van der Waals surface area (Å²) in [7, 11) is 0. The van der Waals surface area contributed by atoms with Crippen LogP contribution in [0, 0.1) is 5.92 Å². The van der Waals surface area contributed by atoms with Gasteiger partial charge >= 0.3 is 0 Å². The van der Waals surface area contributed by atoms with Crippen LogP contribution < -0.4 is 0 Å². The number of piperazine rings is 1. The van der Waals surface area contributed by atoms with Gasteiger partial charge in [0, 0.05) is 57.7 Å². The third kappa shape index (κ3) is 3.92. The number of hydrogen-bond acceptors (Lipinski definition) is 4. The Morgan fingerprint density at radius 1 is 1.15 bits per heavy atom. The van der Waals surface area contributed by atoms with Crippen LogP contribution in [0.1, 0.15) is 62.0 Å². The fraction of sp³-hybridized carbons (Fsp3) is 0.810. The number of hydrogen-bond donors (Lipinski definition) is 0. The van der Waals surface area contributed by atoms with Crippen molar-refractivity contribution in [3.05, 3.63) is 17.2 Å². The van der Waals surface area contributed by atoms with Crippen molar-refractivity contribution in [2.75, 3.05) is 45.9 Å². The maximum Gasteiger partial charge on any atom is 0.272 e. The van der Waals surface area contributed by atoms with Crippen molar-refractivity contribution in [1.29, 1.82) is 0 Å². The number of carbonyl (C=O) groups is 1. The predicted octanol–water partition coefficient (Wildman–Crippen LogP) is 2.31. The summed E-state index contributed by atoms with van der Waals surface area (Å²) >= 11 is 0. The van der Waals surface area contributed by atoms with Crippen molar-refractivity contribution in [1.82, 2.24) is 19.4 Å². The molecule has 27 heavy (non-hydrogen) atoms. The molecule has 1 unspecified atom stereocenters. The molecule has 0 N–H and O–H groups in total. The average Bonchev–Trinajstić information content (AvgIpc) is 3.28. The maximum atomic E-state index is 13.5. The van der Waals surface area contributed by atoms with Gasteiger partial charge in [0.1, 0.15) is 11.5 Å². The van der Waals surface area contributed by atoms with Crippen molar-refractivity contribution in [2.24, 2.45) is 5.92 Å². The SMILES string of the molecule is CC(C)(C)c1nc2n(c1C(=O)N1CCN(CC3CCOC3)CC1)CCCC2. The minimum absolute atomic E-state index is 0.111. The molecule has 4 rings (SSSR count). The van der Waals surface area contributed by atoms with Crippen molar-refractivity contribution < 1.29 is 9.53 Å². The minimum atomic E-state index is -0.111. The topological polar surface area (TPSA) is 50.6 Å². The summed E-state index contributed by atoms with van der Waals surface area (Å²) < 4.78 is 7.72. The standard InChI is InChI=1S/C21H34N4O2/c1-21(2,3)19-18(25-8-5-4-6-17(25)22-19)20(26)24-11-9-23(10-12-24)14-16-7-13-27-15-16/h16H,4-15H2,1-3H3. The zero-order chi connectivity index (χ0) is 19.0. The largest absolute Gasteiger partial charge is 0.381 e. The second-order valence-corrected chi connectivity index (χ2v) is 9.41. The molecule has 1 aromatic rings. The average molecular weight is 375 g/mol. The van der Waals surface area contributed by atoms with Crippen LogP contribution in [-0.4, -0.2) is 71.2 Å². The summed E-state index contributed by atoms with van der Waals surface area (Å²) in [6.07, 6.45) is 4.49. The van der Waals surface area contributed by atoms with E-state index in [1.807, 2.05) is 0 Å². The Labute approximate surface area is 162 Å². The van der Waals surface area contributed by atoms with E-state index in [-0.39, 0.29) is 11.3 Å². The number of aromatic nitrogens is 2. The molecule has 6 nitrogen and oxygen atoms in total. The highest BCUT2D eigenvalue weighted by atomic mass is 16.5. The third-order valence-electron chi connectivity index (χ3n) is 6.19. The molecule has 1 amide bonds. The summed E-state index contributed by atoms with van der Waals surface area (Å²) in [6.45, 7) is 13.9. The highest BCUT2D eigenvalue weighted by Gasteiger charge is 2.34. The van der Waals surface area contributed by atoms with Crippen molar-refractivity contribution in [3.63, 3.8) is 0 Å². The quantitative estimate of drug-likeness (QED) is 0.815. The number of aryl methyl sites for hydroxylation is 1. The maximum absolute atomic E-state index is 13.5. The molecular weight excluding hydrogens is 340 g/mol. The van der Waals surface area contributed by atoms with Crippen LogP contribution in [0.5, 0.6) is 0 Å². The van der Waals surface area contributed by atoms with E-state index >= 15 is 0 Å². The molecule has 3 aliphatic rings. The summed E-state index contributed by atoms with van der Waals surface area (Å²) in [5, 5.41) is 0. The van der Waals surface area contributed by atoms with Crippen LogP contribution in [0.15, 0.2) is 0 Å². The van der Waals surface area contributed by atoms with Crippen molar-refractivity contribution in [2.45, 2.75) is 58.4 Å². The molecule has 0 bridgehead atoms. The van der Waals surface area contributed by atoms with Crippen molar-refractivity contribution >= 4 is 5.91 Å². The van der Waals surface area contributed by atoms with Gasteiger partial charge in [-0.3, -0.25) is 9.69 Å². The number of nitrogens with zero attached hydrogens (tertiary/aromatic N) is 4. The lowest BCUT2D eigenvalue weighted by atomic mass is 9.90. The van der Waals surface area contributed by atoms with E-state index in [2.05, 4.69) is 35.1 Å². The third-order valence-corrected chi connectivity index (χ3v) is 6.19. The molecule has 3 aliphatic heterocycles. The monoisotopic (exact) mass is 374 g/mol. The zero-order valence-electron chi connectivity index (χ0n) is 17.2. The van der Waals surface area contributed by atoms with Gasteiger partial charge in [-0.2, -0.15) is 0 Å². The summed E-state index contributed by atoms with van der Waals surface area (Å²) in [4.78, 5) is 22.9. The predicted molar refractivity (Wildman–Crippen MR) is 105 cm³/mol. The van der Waals surface area contributed by atoms with Crippen LogP contribution in [0.2, 0.25) is 0 Å². The molecule has 4 heterocycles. The van der Waals surface area contributed by atoms with Gasteiger partial charge in [0.2, 0.25) is 0 Å². The Morgan fingerprint density at radius 2 is 1.93 bits per heavy atom. The van der Waals surface area contributed by atoms with Gasteiger partial charge in [0.05, 0.1) is 12.3 Å². The van der Waals surface area contributed by atoms with Crippen LogP contribution in [0.25, 0.3) is 0 Å². The fourth-order valence-corrected chi connectivity index (χ4v) is 4.60. The molecule has 0 aliphatic carbocycles. The van der Waals surface area contributed by atoms with Gasteiger partial charge in [-0.1, -0.05) is 20.8 Å². The van der Waals surface area contributed by atoms with E-state index in [0.717, 1.165) is 82.5 Å². The molecule has 6 heteroatoms. The summed E-state index contributed by atoms with van der Waals surface area (Å²) in [6, 6.07) is 0. The first-order chi connectivity index (χ1) is 12.9. The van der Waals surface area contributed by atoms with Gasteiger partial charge in [-0.15, -0.1) is 0 Å². The molecule has 0 saturated carbocycles. The van der Waals surface area contributed by atoms with E-state index in [0.29, 0.717) is 5.92 Å². The Balaban J connectivity index is 1.47. The van der Waals surface area contributed by atoms with Crippen LogP contribution in [0.3, 0.4) is 0 Å². The first-order valence-electron chi connectivity index (χ1n) is 10.6. The Kier molecular flexibility index (Phi) is 5.30. The summed E-state index contributed by atoms with van der Waals surface area (Å²) in [5.74, 6) is 1.96. The van der Waals surface area contributed by atoms with Gasteiger partial charge < -0.3 is 14.2 Å². The molecule has 0 spiro atoms.